The van der Waals surface area contributed by atoms with Crippen molar-refractivity contribution in [2.45, 2.75) is 0 Å². The predicted octanol–water partition coefficient (Wildman–Crippen LogP) is 4.04. The average Bonchev–Trinajstić information content (AvgIpc) is 2.67. The van der Waals surface area contributed by atoms with E-state index in [1.165, 1.54) is 6.20 Å². The SMILES string of the molecule is CN=Cc1ccc(Nc2ncc(Cl)c(Nc3ccccc3NS(C)(=O)=O)n2)cc1. The van der Waals surface area contributed by atoms with Crippen LogP contribution >= 0.6 is 11.6 Å². The van der Waals surface area contributed by atoms with Crippen LogP contribution in [0.1, 0.15) is 5.56 Å². The summed E-state index contributed by atoms with van der Waals surface area (Å²) in [5.41, 5.74) is 2.66. The topological polar surface area (TPSA) is 108 Å². The second-order valence-electron chi connectivity index (χ2n) is 6.07. The largest absolute Gasteiger partial charge is 0.337 e. The van der Waals surface area contributed by atoms with Crippen LogP contribution in [-0.4, -0.2) is 37.9 Å². The number of rotatable bonds is 7. The van der Waals surface area contributed by atoms with Crippen molar-refractivity contribution in [2.24, 2.45) is 4.99 Å². The highest BCUT2D eigenvalue weighted by molar-refractivity contribution is 7.92. The van der Waals surface area contributed by atoms with E-state index in [1.807, 2.05) is 24.3 Å². The molecule has 0 saturated heterocycles. The monoisotopic (exact) mass is 430 g/mol. The lowest BCUT2D eigenvalue weighted by Crippen LogP contribution is -2.11. The van der Waals surface area contributed by atoms with E-state index in [4.69, 9.17) is 11.6 Å². The lowest BCUT2D eigenvalue weighted by atomic mass is 10.2. The first-order chi connectivity index (χ1) is 13.8. The molecule has 0 aliphatic carbocycles. The average molecular weight is 431 g/mol. The zero-order valence-electron chi connectivity index (χ0n) is 15.7. The molecule has 150 valence electrons. The van der Waals surface area contributed by atoms with E-state index in [0.717, 1.165) is 17.5 Å². The molecule has 0 radical (unpaired) electrons. The van der Waals surface area contributed by atoms with Gasteiger partial charge in [0.05, 0.1) is 23.8 Å². The van der Waals surface area contributed by atoms with Gasteiger partial charge in [0.15, 0.2) is 5.82 Å². The van der Waals surface area contributed by atoms with Gasteiger partial charge in [0, 0.05) is 18.9 Å². The summed E-state index contributed by atoms with van der Waals surface area (Å²) in [6.07, 6.45) is 4.30. The number of nitrogens with one attached hydrogen (secondary N) is 3. The zero-order chi connectivity index (χ0) is 20.9. The minimum Gasteiger partial charge on any atom is -0.337 e. The molecule has 0 fully saturated rings. The van der Waals surface area contributed by atoms with E-state index < -0.39 is 10.0 Å². The van der Waals surface area contributed by atoms with E-state index >= 15 is 0 Å². The molecule has 0 atom stereocenters. The van der Waals surface area contributed by atoms with Crippen molar-refractivity contribution >= 4 is 56.7 Å². The second kappa shape index (κ2) is 8.89. The number of aliphatic imine (C=N–C) groups is 1. The molecule has 0 aliphatic heterocycles. The van der Waals surface area contributed by atoms with Crippen LogP contribution in [-0.2, 0) is 10.0 Å². The van der Waals surface area contributed by atoms with Crippen molar-refractivity contribution in [2.75, 3.05) is 28.7 Å². The first-order valence-electron chi connectivity index (χ1n) is 8.50. The third-order valence-corrected chi connectivity index (χ3v) is 4.53. The van der Waals surface area contributed by atoms with Crippen LogP contribution in [0.25, 0.3) is 0 Å². The first kappa shape index (κ1) is 20.6. The molecule has 0 bridgehead atoms. The zero-order valence-corrected chi connectivity index (χ0v) is 17.3. The van der Waals surface area contributed by atoms with Crippen LogP contribution in [0, 0.1) is 0 Å². The Bertz CT molecular complexity index is 1130. The van der Waals surface area contributed by atoms with Crippen molar-refractivity contribution in [3.63, 3.8) is 0 Å². The summed E-state index contributed by atoms with van der Waals surface area (Å²) in [5.74, 6) is 0.670. The Morgan fingerprint density at radius 3 is 2.38 bits per heavy atom. The van der Waals surface area contributed by atoms with Crippen LogP contribution in [0.3, 0.4) is 0 Å². The van der Waals surface area contributed by atoms with Gasteiger partial charge in [-0.3, -0.25) is 9.71 Å². The molecule has 2 aromatic carbocycles. The summed E-state index contributed by atoms with van der Waals surface area (Å²) in [6, 6.07) is 14.4. The van der Waals surface area contributed by atoms with Gasteiger partial charge >= 0.3 is 0 Å². The molecule has 0 unspecified atom stereocenters. The van der Waals surface area contributed by atoms with Gasteiger partial charge in [0.25, 0.3) is 0 Å². The van der Waals surface area contributed by atoms with E-state index in [9.17, 15) is 8.42 Å². The lowest BCUT2D eigenvalue weighted by molar-refractivity contribution is 0.607. The number of halogens is 1. The molecule has 10 heteroatoms. The third-order valence-electron chi connectivity index (χ3n) is 3.66. The Balaban J connectivity index is 1.83. The third kappa shape index (κ3) is 5.90. The number of anilines is 5. The minimum absolute atomic E-state index is 0.291. The quantitative estimate of drug-likeness (QED) is 0.488. The maximum Gasteiger partial charge on any atom is 0.229 e. The summed E-state index contributed by atoms with van der Waals surface area (Å²) in [6.45, 7) is 0. The highest BCUT2D eigenvalue weighted by atomic mass is 35.5. The number of sulfonamides is 1. The van der Waals surface area contributed by atoms with Gasteiger partial charge in [0.1, 0.15) is 5.02 Å². The fourth-order valence-electron chi connectivity index (χ4n) is 2.45. The molecule has 3 rings (SSSR count). The van der Waals surface area contributed by atoms with Gasteiger partial charge < -0.3 is 10.6 Å². The van der Waals surface area contributed by atoms with E-state index in [1.54, 1.807) is 37.5 Å². The summed E-state index contributed by atoms with van der Waals surface area (Å²) in [4.78, 5) is 12.5. The molecule has 3 N–H and O–H groups in total. The summed E-state index contributed by atoms with van der Waals surface area (Å²) < 4.78 is 25.6. The molecule has 0 amide bonds. The van der Waals surface area contributed by atoms with E-state index in [0.29, 0.717) is 28.2 Å². The maximum atomic E-state index is 11.6. The van der Waals surface area contributed by atoms with Gasteiger partial charge in [-0.05, 0) is 29.8 Å². The Labute approximate surface area is 174 Å². The Hall–Kier alpha value is -3.17. The lowest BCUT2D eigenvalue weighted by Gasteiger charge is -2.14. The van der Waals surface area contributed by atoms with Gasteiger partial charge in [-0.1, -0.05) is 35.9 Å². The smallest absolute Gasteiger partial charge is 0.229 e. The second-order valence-corrected chi connectivity index (χ2v) is 8.22. The molecular weight excluding hydrogens is 412 g/mol. The van der Waals surface area contributed by atoms with Gasteiger partial charge in [-0.25, -0.2) is 13.4 Å². The normalized spacial score (nSPS) is 11.4. The molecule has 29 heavy (non-hydrogen) atoms. The fraction of sp³-hybridized carbons (Fsp3) is 0.105. The fourth-order valence-corrected chi connectivity index (χ4v) is 3.17. The number of aromatic nitrogens is 2. The van der Waals surface area contributed by atoms with E-state index in [2.05, 4.69) is 30.3 Å². The van der Waals surface area contributed by atoms with Crippen molar-refractivity contribution in [3.05, 3.63) is 65.3 Å². The highest BCUT2D eigenvalue weighted by Crippen LogP contribution is 2.29. The molecular formula is C19H19ClN6O2S. The van der Waals surface area contributed by atoms with Crippen LogP contribution < -0.4 is 15.4 Å². The van der Waals surface area contributed by atoms with Crippen molar-refractivity contribution < 1.29 is 8.42 Å². The molecule has 0 spiro atoms. The van der Waals surface area contributed by atoms with E-state index in [-0.39, 0.29) is 0 Å². The first-order valence-corrected chi connectivity index (χ1v) is 10.8. The minimum atomic E-state index is -3.44. The predicted molar refractivity (Wildman–Crippen MR) is 118 cm³/mol. The van der Waals surface area contributed by atoms with Crippen LogP contribution in [0.2, 0.25) is 5.02 Å². The Morgan fingerprint density at radius 1 is 1.03 bits per heavy atom. The van der Waals surface area contributed by atoms with Crippen LogP contribution in [0.15, 0.2) is 59.7 Å². The summed E-state index contributed by atoms with van der Waals surface area (Å²) in [7, 11) is -1.72. The number of hydrogen-bond acceptors (Lipinski definition) is 7. The molecule has 1 aromatic heterocycles. The Kier molecular flexibility index (Phi) is 6.30. The summed E-state index contributed by atoms with van der Waals surface area (Å²) >= 11 is 6.22. The standard InChI is InChI=1S/C19H19ClN6O2S/c1-21-11-13-7-9-14(10-8-13)23-19-22-12-15(20)18(25-19)24-16-5-3-4-6-17(16)26-29(2,27)28/h3-12,26H,1-2H3,(H2,22,23,24,25). The summed E-state index contributed by atoms with van der Waals surface area (Å²) in [5, 5.41) is 6.44. The number of para-hydroxylation sites is 2. The van der Waals surface area contributed by atoms with Gasteiger partial charge in [-0.15, -0.1) is 0 Å². The molecule has 0 saturated carbocycles. The maximum absolute atomic E-state index is 11.6. The van der Waals surface area contributed by atoms with Crippen molar-refractivity contribution in [1.82, 2.24) is 9.97 Å². The molecule has 8 nitrogen and oxygen atoms in total. The van der Waals surface area contributed by atoms with Gasteiger partial charge in [0.2, 0.25) is 16.0 Å². The highest BCUT2D eigenvalue weighted by Gasteiger charge is 2.11. The molecule has 0 aliphatic rings. The van der Waals surface area contributed by atoms with Crippen molar-refractivity contribution in [1.29, 1.82) is 0 Å². The van der Waals surface area contributed by atoms with Crippen LogP contribution in [0.4, 0.5) is 28.8 Å². The van der Waals surface area contributed by atoms with Gasteiger partial charge in [-0.2, -0.15) is 4.98 Å². The number of hydrogen-bond donors (Lipinski definition) is 3. The number of nitrogens with zero attached hydrogens (tertiary/aromatic N) is 3. The Morgan fingerprint density at radius 2 is 1.72 bits per heavy atom. The van der Waals surface area contributed by atoms with Crippen LogP contribution in [0.5, 0.6) is 0 Å². The van der Waals surface area contributed by atoms with Crippen molar-refractivity contribution in [3.8, 4) is 0 Å². The number of benzene rings is 2. The molecule has 3 aromatic rings. The molecule has 1 heterocycles.